The zero-order valence-corrected chi connectivity index (χ0v) is 18.6. The Bertz CT molecular complexity index is 1340. The minimum absolute atomic E-state index is 0.0240. The van der Waals surface area contributed by atoms with E-state index in [-0.39, 0.29) is 23.6 Å². The second-order valence-corrected chi connectivity index (χ2v) is 8.36. The third-order valence-corrected chi connectivity index (χ3v) is 6.05. The first kappa shape index (κ1) is 22.8. The van der Waals surface area contributed by atoms with Crippen molar-refractivity contribution in [2.75, 3.05) is 0 Å². The number of nitriles is 1. The summed E-state index contributed by atoms with van der Waals surface area (Å²) in [5.74, 6) is -0.906. The van der Waals surface area contributed by atoms with Crippen LogP contribution in [0.25, 0.3) is 6.08 Å². The molecule has 1 aliphatic heterocycles. The van der Waals surface area contributed by atoms with Crippen LogP contribution in [0.4, 0.5) is 4.79 Å². The molecule has 0 spiro atoms. The smallest absolute Gasteiger partial charge is 0.335 e. The first-order valence-corrected chi connectivity index (χ1v) is 11.1. The van der Waals surface area contributed by atoms with Gasteiger partial charge < -0.3 is 9.84 Å². The fourth-order valence-electron chi connectivity index (χ4n) is 3.35. The van der Waals surface area contributed by atoms with Crippen LogP contribution in [0.1, 0.15) is 32.6 Å². The van der Waals surface area contributed by atoms with Gasteiger partial charge in [-0.2, -0.15) is 5.26 Å². The van der Waals surface area contributed by atoms with Crippen LogP contribution in [0, 0.1) is 11.3 Å². The average Bonchev–Trinajstić information content (AvgIpc) is 3.11. The van der Waals surface area contributed by atoms with Crippen LogP contribution >= 0.6 is 11.8 Å². The lowest BCUT2D eigenvalue weighted by atomic mass is 10.1. The molecule has 0 radical (unpaired) electrons. The molecule has 2 amide bonds. The zero-order chi connectivity index (χ0) is 24.1. The predicted octanol–water partition coefficient (Wildman–Crippen LogP) is 5.07. The number of hydrogen-bond acceptors (Lipinski definition) is 6. The number of amides is 2. The molecule has 1 heterocycles. The Labute approximate surface area is 199 Å². The highest BCUT2D eigenvalue weighted by Crippen LogP contribution is 2.35. The molecule has 1 saturated heterocycles. The molecule has 1 aliphatic rings. The Balaban J connectivity index is 1.51. The molecule has 3 aromatic rings. The van der Waals surface area contributed by atoms with Crippen LogP contribution in [0.2, 0.25) is 0 Å². The third-order valence-electron chi connectivity index (χ3n) is 5.14. The van der Waals surface area contributed by atoms with E-state index in [1.54, 1.807) is 66.7 Å². The van der Waals surface area contributed by atoms with Crippen molar-refractivity contribution in [3.05, 3.63) is 106 Å². The van der Waals surface area contributed by atoms with Crippen LogP contribution in [0.3, 0.4) is 0 Å². The first-order valence-electron chi connectivity index (χ1n) is 10.2. The largest absolute Gasteiger partial charge is 0.488 e. The fourth-order valence-corrected chi connectivity index (χ4v) is 4.18. The fraction of sp³-hybridized carbons (Fsp3) is 0.0769. The Morgan fingerprint density at radius 2 is 1.74 bits per heavy atom. The molecule has 3 aromatic carbocycles. The van der Waals surface area contributed by atoms with E-state index >= 15 is 0 Å². The number of para-hydroxylation sites is 1. The highest BCUT2D eigenvalue weighted by molar-refractivity contribution is 8.18. The number of aromatic carboxylic acids is 1. The van der Waals surface area contributed by atoms with Crippen molar-refractivity contribution in [2.45, 2.75) is 13.2 Å². The lowest BCUT2D eigenvalue weighted by molar-refractivity contribution is -0.123. The Hall–Kier alpha value is -4.35. The maximum absolute atomic E-state index is 12.9. The van der Waals surface area contributed by atoms with Gasteiger partial charge in [0.2, 0.25) is 0 Å². The van der Waals surface area contributed by atoms with Crippen molar-refractivity contribution in [3.8, 4) is 11.8 Å². The predicted molar refractivity (Wildman–Crippen MR) is 127 cm³/mol. The Kier molecular flexibility index (Phi) is 6.76. The van der Waals surface area contributed by atoms with Gasteiger partial charge in [0, 0.05) is 5.56 Å². The van der Waals surface area contributed by atoms with Gasteiger partial charge in [-0.05, 0) is 53.2 Å². The Morgan fingerprint density at radius 1 is 1.03 bits per heavy atom. The molecule has 8 heteroatoms. The zero-order valence-electron chi connectivity index (χ0n) is 17.8. The number of carbonyl (C=O) groups excluding carboxylic acids is 2. The van der Waals surface area contributed by atoms with Gasteiger partial charge in [-0.15, -0.1) is 0 Å². The highest BCUT2D eigenvalue weighted by Gasteiger charge is 2.35. The molecule has 0 bridgehead atoms. The number of carboxylic acid groups (broad SMARTS) is 1. The molecule has 168 valence electrons. The van der Waals surface area contributed by atoms with Crippen molar-refractivity contribution < 1.29 is 24.2 Å². The molecule has 0 atom stereocenters. The normalized spacial score (nSPS) is 14.3. The second-order valence-electron chi connectivity index (χ2n) is 7.37. The summed E-state index contributed by atoms with van der Waals surface area (Å²) in [6.45, 7) is 0.230. The van der Waals surface area contributed by atoms with Crippen LogP contribution in [0.15, 0.2) is 77.7 Å². The van der Waals surface area contributed by atoms with Gasteiger partial charge in [-0.3, -0.25) is 14.5 Å². The van der Waals surface area contributed by atoms with E-state index < -0.39 is 17.1 Å². The van der Waals surface area contributed by atoms with E-state index in [4.69, 9.17) is 9.84 Å². The molecule has 7 nitrogen and oxygen atoms in total. The van der Waals surface area contributed by atoms with Gasteiger partial charge in [0.15, 0.2) is 0 Å². The van der Waals surface area contributed by atoms with Crippen LogP contribution < -0.4 is 4.74 Å². The summed E-state index contributed by atoms with van der Waals surface area (Å²) < 4.78 is 5.90. The number of carbonyl (C=O) groups is 3. The molecule has 34 heavy (non-hydrogen) atoms. The summed E-state index contributed by atoms with van der Waals surface area (Å²) in [7, 11) is 0. The number of imide groups is 1. The molecule has 0 unspecified atom stereocenters. The summed E-state index contributed by atoms with van der Waals surface area (Å²) in [5, 5.41) is 17.9. The number of ether oxygens (including phenoxy) is 1. The molecule has 1 fully saturated rings. The number of benzene rings is 3. The van der Waals surface area contributed by atoms with Crippen LogP contribution in [0.5, 0.6) is 5.75 Å². The van der Waals surface area contributed by atoms with Gasteiger partial charge in [0.25, 0.3) is 11.1 Å². The van der Waals surface area contributed by atoms with E-state index in [2.05, 4.69) is 6.07 Å². The monoisotopic (exact) mass is 470 g/mol. The quantitative estimate of drug-likeness (QED) is 0.480. The van der Waals surface area contributed by atoms with E-state index in [0.29, 0.717) is 22.4 Å². The van der Waals surface area contributed by atoms with Crippen molar-refractivity contribution in [1.82, 2.24) is 4.90 Å². The van der Waals surface area contributed by atoms with Gasteiger partial charge >= 0.3 is 5.97 Å². The van der Waals surface area contributed by atoms with Gasteiger partial charge in [0.1, 0.15) is 12.4 Å². The molecule has 0 aliphatic carbocycles. The highest BCUT2D eigenvalue weighted by atomic mass is 32.2. The topological polar surface area (TPSA) is 108 Å². The summed E-state index contributed by atoms with van der Waals surface area (Å²) in [6.07, 6.45) is 1.62. The van der Waals surface area contributed by atoms with E-state index in [9.17, 15) is 19.6 Å². The van der Waals surface area contributed by atoms with Crippen LogP contribution in [-0.4, -0.2) is 27.1 Å². The standard InChI is InChI=1S/C26H18N2O5S/c27-14-20-6-1-2-7-21(20)15-28-24(29)23(34-26(28)32)13-19-5-3-4-8-22(19)33-16-17-9-11-18(12-10-17)25(30)31/h1-13H,15-16H2,(H,30,31). The van der Waals surface area contributed by atoms with Crippen LogP contribution in [-0.2, 0) is 17.9 Å². The maximum atomic E-state index is 12.9. The first-order chi connectivity index (χ1) is 16.5. The Morgan fingerprint density at radius 3 is 2.47 bits per heavy atom. The molecule has 0 aromatic heterocycles. The molecule has 1 N–H and O–H groups in total. The number of rotatable bonds is 7. The van der Waals surface area contributed by atoms with Crippen molar-refractivity contribution in [3.63, 3.8) is 0 Å². The van der Waals surface area contributed by atoms with E-state index in [0.717, 1.165) is 22.2 Å². The van der Waals surface area contributed by atoms with Gasteiger partial charge in [-0.25, -0.2) is 4.79 Å². The summed E-state index contributed by atoms with van der Waals surface area (Å²) in [5.41, 5.74) is 2.63. The maximum Gasteiger partial charge on any atom is 0.335 e. The van der Waals surface area contributed by atoms with Crippen molar-refractivity contribution in [2.24, 2.45) is 0 Å². The number of thioether (sulfide) groups is 1. The van der Waals surface area contributed by atoms with Gasteiger partial charge in [0.05, 0.1) is 28.6 Å². The lowest BCUT2D eigenvalue weighted by Crippen LogP contribution is -2.27. The SMILES string of the molecule is N#Cc1ccccc1CN1C(=O)SC(=Cc2ccccc2OCc2ccc(C(=O)O)cc2)C1=O. The number of nitrogens with zero attached hydrogens (tertiary/aromatic N) is 2. The van der Waals surface area contributed by atoms with Gasteiger partial charge in [-0.1, -0.05) is 48.5 Å². The average molecular weight is 471 g/mol. The molecular weight excluding hydrogens is 452 g/mol. The molecular formula is C26H18N2O5S. The molecule has 4 rings (SSSR count). The van der Waals surface area contributed by atoms with Crippen molar-refractivity contribution in [1.29, 1.82) is 5.26 Å². The summed E-state index contributed by atoms with van der Waals surface area (Å²) in [4.78, 5) is 37.9. The molecule has 0 saturated carbocycles. The minimum atomic E-state index is -0.997. The summed E-state index contributed by atoms with van der Waals surface area (Å²) >= 11 is 0.841. The van der Waals surface area contributed by atoms with E-state index in [1.165, 1.54) is 12.1 Å². The number of carboxylic acids is 1. The van der Waals surface area contributed by atoms with Crippen molar-refractivity contribution >= 4 is 35.0 Å². The summed E-state index contributed by atoms with van der Waals surface area (Å²) in [6, 6.07) is 22.4. The third kappa shape index (κ3) is 5.00. The minimum Gasteiger partial charge on any atom is -0.488 e. The number of hydrogen-bond donors (Lipinski definition) is 1. The second kappa shape index (κ2) is 10.1. The lowest BCUT2D eigenvalue weighted by Gasteiger charge is -2.13. The van der Waals surface area contributed by atoms with E-state index in [1.807, 2.05) is 0 Å².